The highest BCUT2D eigenvalue weighted by Crippen LogP contribution is 2.29. The van der Waals surface area contributed by atoms with E-state index in [9.17, 15) is 13.2 Å². The van der Waals surface area contributed by atoms with Crippen molar-refractivity contribution >= 4 is 37.5 Å². The van der Waals surface area contributed by atoms with E-state index in [4.69, 9.17) is 5.14 Å². The van der Waals surface area contributed by atoms with Gasteiger partial charge in [-0.05, 0) is 46.0 Å². The van der Waals surface area contributed by atoms with Gasteiger partial charge in [0.1, 0.15) is 0 Å². The first-order valence-corrected chi connectivity index (χ1v) is 8.37. The van der Waals surface area contributed by atoms with Crippen molar-refractivity contribution in [3.05, 3.63) is 22.2 Å². The minimum absolute atomic E-state index is 0.0400. The fourth-order valence-corrected chi connectivity index (χ4v) is 3.13. The summed E-state index contributed by atoms with van der Waals surface area (Å²) in [6.45, 7) is 7.54. The van der Waals surface area contributed by atoms with Crippen LogP contribution in [0.5, 0.6) is 0 Å². The Balaban J connectivity index is 3.05. The highest BCUT2D eigenvalue weighted by atomic mass is 79.9. The lowest BCUT2D eigenvalue weighted by molar-refractivity contribution is -0.117. The van der Waals surface area contributed by atoms with Gasteiger partial charge in [0.05, 0.1) is 10.6 Å². The second-order valence-electron chi connectivity index (χ2n) is 5.93. The van der Waals surface area contributed by atoms with E-state index in [1.54, 1.807) is 13.0 Å². The lowest BCUT2D eigenvalue weighted by atomic mass is 9.92. The van der Waals surface area contributed by atoms with Crippen LogP contribution in [0.25, 0.3) is 0 Å². The zero-order valence-electron chi connectivity index (χ0n) is 12.0. The van der Waals surface area contributed by atoms with E-state index in [1.807, 2.05) is 20.8 Å². The Labute approximate surface area is 128 Å². The van der Waals surface area contributed by atoms with E-state index >= 15 is 0 Å². The molecule has 1 aromatic carbocycles. The lowest BCUT2D eigenvalue weighted by Crippen LogP contribution is -2.20. The monoisotopic (exact) mass is 362 g/mol. The van der Waals surface area contributed by atoms with Gasteiger partial charge in [0.15, 0.2) is 0 Å². The zero-order valence-corrected chi connectivity index (χ0v) is 14.4. The number of rotatable bonds is 3. The van der Waals surface area contributed by atoms with Gasteiger partial charge >= 0.3 is 0 Å². The Morgan fingerprint density at radius 1 is 1.35 bits per heavy atom. The van der Waals surface area contributed by atoms with Crippen LogP contribution in [0, 0.1) is 12.3 Å². The molecule has 0 saturated carbocycles. The second-order valence-corrected chi connectivity index (χ2v) is 8.31. The van der Waals surface area contributed by atoms with E-state index in [2.05, 4.69) is 21.2 Å². The van der Waals surface area contributed by atoms with Crippen LogP contribution in [0.2, 0.25) is 0 Å². The highest BCUT2D eigenvalue weighted by Gasteiger charge is 2.19. The van der Waals surface area contributed by atoms with Gasteiger partial charge in [0.2, 0.25) is 15.9 Å². The first kappa shape index (κ1) is 17.1. The highest BCUT2D eigenvalue weighted by molar-refractivity contribution is 9.10. The molecule has 0 heterocycles. The molecule has 7 heteroatoms. The normalized spacial score (nSPS) is 12.3. The average molecular weight is 363 g/mol. The number of benzene rings is 1. The molecule has 0 aromatic heterocycles. The number of primary sulfonamides is 1. The summed E-state index contributed by atoms with van der Waals surface area (Å²) in [5.41, 5.74) is 0.900. The maximum Gasteiger partial charge on any atom is 0.238 e. The van der Waals surface area contributed by atoms with Crippen molar-refractivity contribution in [2.45, 2.75) is 39.0 Å². The fourth-order valence-electron chi connectivity index (χ4n) is 1.74. The van der Waals surface area contributed by atoms with Crippen molar-refractivity contribution in [1.82, 2.24) is 0 Å². The van der Waals surface area contributed by atoms with Crippen LogP contribution >= 0.6 is 15.9 Å². The van der Waals surface area contributed by atoms with Crippen LogP contribution in [-0.4, -0.2) is 14.3 Å². The van der Waals surface area contributed by atoms with Crippen molar-refractivity contribution in [3.8, 4) is 0 Å². The molecule has 0 bridgehead atoms. The summed E-state index contributed by atoms with van der Waals surface area (Å²) in [5, 5.41) is 7.89. The predicted octanol–water partition coefficient (Wildman–Crippen LogP) is 2.78. The summed E-state index contributed by atoms with van der Waals surface area (Å²) in [6.07, 6.45) is 0.370. The van der Waals surface area contributed by atoms with E-state index in [0.717, 1.165) is 0 Å². The van der Waals surface area contributed by atoms with Gasteiger partial charge in [-0.2, -0.15) is 0 Å². The van der Waals surface area contributed by atoms with Crippen LogP contribution in [0.4, 0.5) is 5.69 Å². The smallest absolute Gasteiger partial charge is 0.238 e. The number of carbonyl (C=O) groups excluding carboxylic acids is 1. The van der Waals surface area contributed by atoms with Crippen molar-refractivity contribution in [3.63, 3.8) is 0 Å². The Morgan fingerprint density at radius 3 is 2.35 bits per heavy atom. The van der Waals surface area contributed by atoms with E-state index in [-0.39, 0.29) is 16.2 Å². The Morgan fingerprint density at radius 2 is 1.90 bits per heavy atom. The summed E-state index contributed by atoms with van der Waals surface area (Å²) in [6, 6.07) is 2.99. The minimum atomic E-state index is -3.77. The molecule has 0 radical (unpaired) electrons. The molecule has 20 heavy (non-hydrogen) atoms. The molecule has 0 unspecified atom stereocenters. The van der Waals surface area contributed by atoms with Crippen LogP contribution in [0.3, 0.4) is 0 Å². The molecule has 1 rings (SSSR count). The van der Waals surface area contributed by atoms with Crippen molar-refractivity contribution in [2.24, 2.45) is 10.6 Å². The summed E-state index contributed by atoms with van der Waals surface area (Å²) in [7, 11) is -3.77. The van der Waals surface area contributed by atoms with E-state index in [1.165, 1.54) is 6.07 Å². The summed E-state index contributed by atoms with van der Waals surface area (Å²) in [5.74, 6) is -0.124. The van der Waals surface area contributed by atoms with Gasteiger partial charge in [-0.25, -0.2) is 13.6 Å². The number of hydrogen-bond acceptors (Lipinski definition) is 3. The largest absolute Gasteiger partial charge is 0.325 e. The molecule has 112 valence electrons. The number of anilines is 1. The molecule has 1 amide bonds. The third-order valence-electron chi connectivity index (χ3n) is 2.54. The third kappa shape index (κ3) is 4.88. The number of halogens is 1. The Hall–Kier alpha value is -0.920. The van der Waals surface area contributed by atoms with Crippen LogP contribution in [0.1, 0.15) is 32.8 Å². The first-order valence-electron chi connectivity index (χ1n) is 6.03. The number of nitrogens with one attached hydrogen (secondary N) is 1. The predicted molar refractivity (Wildman–Crippen MR) is 83.0 cm³/mol. The Bertz CT molecular complexity index is 634. The Kier molecular flexibility index (Phi) is 4.99. The quantitative estimate of drug-likeness (QED) is 0.865. The molecular weight excluding hydrogens is 344 g/mol. The molecule has 1 aromatic rings. The summed E-state index contributed by atoms with van der Waals surface area (Å²) < 4.78 is 23.3. The third-order valence-corrected chi connectivity index (χ3v) is 4.25. The number of sulfonamides is 1. The molecule has 0 aliphatic heterocycles. The number of hydrogen-bond donors (Lipinski definition) is 2. The maximum atomic E-state index is 11.9. The number of amides is 1. The van der Waals surface area contributed by atoms with E-state index < -0.39 is 10.0 Å². The maximum absolute atomic E-state index is 11.9. The number of carbonyl (C=O) groups is 1. The fraction of sp³-hybridized carbons (Fsp3) is 0.462. The molecule has 0 fully saturated rings. The molecular formula is C13H19BrN2O3S. The molecule has 0 saturated heterocycles. The SMILES string of the molecule is Cc1cc(NC(=O)CC(C)(C)C)c(Br)cc1S(N)(=O)=O. The number of nitrogens with two attached hydrogens (primary N) is 1. The van der Waals surface area contributed by atoms with Gasteiger partial charge in [-0.1, -0.05) is 20.8 Å². The number of aryl methyl sites for hydroxylation is 1. The molecule has 0 atom stereocenters. The second kappa shape index (κ2) is 5.83. The van der Waals surface area contributed by atoms with Gasteiger partial charge < -0.3 is 5.32 Å². The minimum Gasteiger partial charge on any atom is -0.325 e. The topological polar surface area (TPSA) is 89.3 Å². The van der Waals surface area contributed by atoms with Gasteiger partial charge in [-0.15, -0.1) is 0 Å². The van der Waals surface area contributed by atoms with Crippen LogP contribution in [0.15, 0.2) is 21.5 Å². The van der Waals surface area contributed by atoms with Crippen molar-refractivity contribution in [2.75, 3.05) is 5.32 Å². The van der Waals surface area contributed by atoms with Gasteiger partial charge in [0, 0.05) is 10.9 Å². The average Bonchev–Trinajstić information content (AvgIpc) is 2.18. The zero-order chi connectivity index (χ0) is 15.7. The van der Waals surface area contributed by atoms with Gasteiger partial charge in [-0.3, -0.25) is 4.79 Å². The summed E-state index contributed by atoms with van der Waals surface area (Å²) in [4.78, 5) is 11.9. The van der Waals surface area contributed by atoms with E-state index in [0.29, 0.717) is 22.1 Å². The molecule has 0 spiro atoms. The van der Waals surface area contributed by atoms with Crippen LogP contribution < -0.4 is 10.5 Å². The summed E-state index contributed by atoms with van der Waals surface area (Å²) >= 11 is 3.25. The van der Waals surface area contributed by atoms with Crippen LogP contribution in [-0.2, 0) is 14.8 Å². The standard InChI is InChI=1S/C13H19BrN2O3S/c1-8-5-10(16-12(17)7-13(2,3)4)9(14)6-11(8)20(15,18)19/h5-6H,7H2,1-4H3,(H,16,17)(H2,15,18,19). The van der Waals surface area contributed by atoms with Crippen molar-refractivity contribution in [1.29, 1.82) is 0 Å². The molecule has 0 aliphatic carbocycles. The molecule has 5 nitrogen and oxygen atoms in total. The van der Waals surface area contributed by atoms with Gasteiger partial charge in [0.25, 0.3) is 0 Å². The van der Waals surface area contributed by atoms with Crippen molar-refractivity contribution < 1.29 is 13.2 Å². The lowest BCUT2D eigenvalue weighted by Gasteiger charge is -2.18. The molecule has 3 N–H and O–H groups in total. The first-order chi connectivity index (χ1) is 8.90. The molecule has 0 aliphatic rings.